The van der Waals surface area contributed by atoms with Crippen molar-refractivity contribution in [2.24, 2.45) is 11.8 Å². The van der Waals surface area contributed by atoms with Crippen LogP contribution in [0.25, 0.3) is 0 Å². The Bertz CT molecular complexity index is 255. The van der Waals surface area contributed by atoms with Crippen molar-refractivity contribution in [3.63, 3.8) is 0 Å². The molecule has 1 N–H and O–H groups in total. The van der Waals surface area contributed by atoms with Gasteiger partial charge in [-0.25, -0.2) is 0 Å². The van der Waals surface area contributed by atoms with Crippen LogP contribution in [0, 0.1) is 11.8 Å². The van der Waals surface area contributed by atoms with Crippen LogP contribution in [0.4, 0.5) is 0 Å². The lowest BCUT2D eigenvalue weighted by Crippen LogP contribution is -2.36. The molecule has 1 aliphatic heterocycles. The van der Waals surface area contributed by atoms with E-state index in [1.165, 1.54) is 19.3 Å². The minimum absolute atomic E-state index is 0.396. The first kappa shape index (κ1) is 12.9. The molecule has 3 heteroatoms. The van der Waals surface area contributed by atoms with E-state index >= 15 is 0 Å². The van der Waals surface area contributed by atoms with Gasteiger partial charge in [-0.1, -0.05) is 13.8 Å². The van der Waals surface area contributed by atoms with Crippen LogP contribution in [0.2, 0.25) is 0 Å². The van der Waals surface area contributed by atoms with E-state index in [-0.39, 0.29) is 0 Å². The van der Waals surface area contributed by atoms with Crippen LogP contribution >= 0.6 is 0 Å². The summed E-state index contributed by atoms with van der Waals surface area (Å²) < 4.78 is 0. The number of carbonyl (C=O) groups excluding carboxylic acids is 1. The van der Waals surface area contributed by atoms with E-state index in [1.54, 1.807) is 0 Å². The Hall–Kier alpha value is -0.570. The molecule has 1 aliphatic carbocycles. The molecule has 0 bridgehead atoms. The number of amides is 1. The Balaban J connectivity index is 1.75. The van der Waals surface area contributed by atoms with Crippen molar-refractivity contribution in [2.45, 2.75) is 52.0 Å². The van der Waals surface area contributed by atoms with Gasteiger partial charge in [0.2, 0.25) is 5.91 Å². The lowest BCUT2D eigenvalue weighted by Gasteiger charge is -2.25. The van der Waals surface area contributed by atoms with Crippen LogP contribution in [-0.2, 0) is 4.79 Å². The first-order valence-corrected chi connectivity index (χ1v) is 7.17. The maximum absolute atomic E-state index is 12.2. The first-order chi connectivity index (χ1) is 8.16. The zero-order valence-electron chi connectivity index (χ0n) is 11.2. The number of hydrogen-bond acceptors (Lipinski definition) is 2. The SMILES string of the molecule is CC(C)CN(C(=O)CCC1CCNC1)C1CC1. The first-order valence-electron chi connectivity index (χ1n) is 7.17. The molecule has 1 saturated carbocycles. The zero-order valence-corrected chi connectivity index (χ0v) is 11.2. The predicted molar refractivity (Wildman–Crippen MR) is 69.8 cm³/mol. The fourth-order valence-corrected chi connectivity index (χ4v) is 2.67. The highest BCUT2D eigenvalue weighted by atomic mass is 16.2. The molecule has 2 rings (SSSR count). The van der Waals surface area contributed by atoms with Crippen LogP contribution in [-0.4, -0.2) is 36.5 Å². The van der Waals surface area contributed by atoms with E-state index in [0.29, 0.717) is 17.9 Å². The van der Waals surface area contributed by atoms with Crippen molar-refractivity contribution < 1.29 is 4.79 Å². The van der Waals surface area contributed by atoms with Crippen LogP contribution in [0.1, 0.15) is 46.0 Å². The van der Waals surface area contributed by atoms with E-state index in [4.69, 9.17) is 0 Å². The highest BCUT2D eigenvalue weighted by Gasteiger charge is 2.32. The topological polar surface area (TPSA) is 32.3 Å². The molecule has 2 fully saturated rings. The Labute approximate surface area is 105 Å². The van der Waals surface area contributed by atoms with Gasteiger partial charge >= 0.3 is 0 Å². The molecule has 1 atom stereocenters. The highest BCUT2D eigenvalue weighted by Crippen LogP contribution is 2.29. The van der Waals surface area contributed by atoms with Gasteiger partial charge in [-0.2, -0.15) is 0 Å². The molecule has 0 aromatic heterocycles. The summed E-state index contributed by atoms with van der Waals surface area (Å²) in [6, 6.07) is 0.576. The van der Waals surface area contributed by atoms with Gasteiger partial charge in [0.25, 0.3) is 0 Å². The standard InChI is InChI=1S/C14H26N2O/c1-11(2)10-16(13-4-5-13)14(17)6-3-12-7-8-15-9-12/h11-13,15H,3-10H2,1-2H3. The maximum Gasteiger partial charge on any atom is 0.222 e. The quantitative estimate of drug-likeness (QED) is 0.768. The largest absolute Gasteiger partial charge is 0.339 e. The zero-order chi connectivity index (χ0) is 12.3. The van der Waals surface area contributed by atoms with Crippen LogP contribution in [0.15, 0.2) is 0 Å². The fraction of sp³-hybridized carbons (Fsp3) is 0.929. The van der Waals surface area contributed by atoms with Gasteiger partial charge in [0.15, 0.2) is 0 Å². The highest BCUT2D eigenvalue weighted by molar-refractivity contribution is 5.76. The molecule has 1 amide bonds. The van der Waals surface area contributed by atoms with Gasteiger partial charge in [0.05, 0.1) is 0 Å². The molecule has 0 aromatic carbocycles. The Morgan fingerprint density at radius 2 is 2.12 bits per heavy atom. The van der Waals surface area contributed by atoms with Crippen molar-refractivity contribution in [3.8, 4) is 0 Å². The number of hydrogen-bond donors (Lipinski definition) is 1. The van der Waals surface area contributed by atoms with E-state index in [1.807, 2.05) is 0 Å². The molecule has 3 nitrogen and oxygen atoms in total. The third-order valence-corrected chi connectivity index (χ3v) is 3.80. The summed E-state index contributed by atoms with van der Waals surface area (Å²) >= 11 is 0. The minimum atomic E-state index is 0.396. The lowest BCUT2D eigenvalue weighted by atomic mass is 10.0. The summed E-state index contributed by atoms with van der Waals surface area (Å²) in [6.45, 7) is 7.59. The Morgan fingerprint density at radius 1 is 1.35 bits per heavy atom. The molecular formula is C14H26N2O. The van der Waals surface area contributed by atoms with Crippen molar-refractivity contribution >= 4 is 5.91 Å². The summed E-state index contributed by atoms with van der Waals surface area (Å²) in [5.74, 6) is 1.72. The van der Waals surface area contributed by atoms with Gasteiger partial charge in [-0.05, 0) is 50.6 Å². The van der Waals surface area contributed by atoms with Crippen molar-refractivity contribution in [1.29, 1.82) is 0 Å². The molecule has 0 spiro atoms. The normalized spacial score (nSPS) is 24.3. The summed E-state index contributed by atoms with van der Waals surface area (Å²) in [4.78, 5) is 14.4. The van der Waals surface area contributed by atoms with E-state index in [9.17, 15) is 4.79 Å². The smallest absolute Gasteiger partial charge is 0.222 e. The van der Waals surface area contributed by atoms with Gasteiger partial charge < -0.3 is 10.2 Å². The third kappa shape index (κ3) is 3.98. The maximum atomic E-state index is 12.2. The predicted octanol–water partition coefficient (Wildman–Crippen LogP) is 2.02. The summed E-state index contributed by atoms with van der Waals surface area (Å²) in [5, 5.41) is 3.37. The number of nitrogens with zero attached hydrogens (tertiary/aromatic N) is 1. The van der Waals surface area contributed by atoms with E-state index in [0.717, 1.165) is 38.4 Å². The average Bonchev–Trinajstić information content (AvgIpc) is 2.99. The number of nitrogens with one attached hydrogen (secondary N) is 1. The van der Waals surface area contributed by atoms with Gasteiger partial charge in [-0.3, -0.25) is 4.79 Å². The fourth-order valence-electron chi connectivity index (χ4n) is 2.67. The molecule has 2 aliphatic rings. The second kappa shape index (κ2) is 5.85. The number of carbonyl (C=O) groups is 1. The molecule has 1 saturated heterocycles. The second-order valence-electron chi connectivity index (χ2n) is 6.07. The summed E-state index contributed by atoms with van der Waals surface area (Å²) in [5.41, 5.74) is 0. The van der Waals surface area contributed by atoms with Crippen molar-refractivity contribution in [1.82, 2.24) is 10.2 Å². The van der Waals surface area contributed by atoms with Crippen LogP contribution < -0.4 is 5.32 Å². The molecule has 98 valence electrons. The van der Waals surface area contributed by atoms with Crippen LogP contribution in [0.5, 0.6) is 0 Å². The average molecular weight is 238 g/mol. The second-order valence-corrected chi connectivity index (χ2v) is 6.07. The monoisotopic (exact) mass is 238 g/mol. The molecule has 17 heavy (non-hydrogen) atoms. The van der Waals surface area contributed by atoms with Crippen LogP contribution in [0.3, 0.4) is 0 Å². The third-order valence-electron chi connectivity index (χ3n) is 3.80. The van der Waals surface area contributed by atoms with E-state index in [2.05, 4.69) is 24.1 Å². The molecule has 0 radical (unpaired) electrons. The minimum Gasteiger partial charge on any atom is -0.339 e. The van der Waals surface area contributed by atoms with Crippen molar-refractivity contribution in [2.75, 3.05) is 19.6 Å². The van der Waals surface area contributed by atoms with Gasteiger partial charge in [0, 0.05) is 19.0 Å². The lowest BCUT2D eigenvalue weighted by molar-refractivity contribution is -0.132. The molecule has 0 aromatic rings. The van der Waals surface area contributed by atoms with Crippen molar-refractivity contribution in [3.05, 3.63) is 0 Å². The summed E-state index contributed by atoms with van der Waals surface area (Å²) in [6.07, 6.45) is 5.54. The Morgan fingerprint density at radius 3 is 2.65 bits per heavy atom. The molecule has 1 unspecified atom stereocenters. The summed E-state index contributed by atoms with van der Waals surface area (Å²) in [7, 11) is 0. The Kier molecular flexibility index (Phi) is 4.43. The molecule has 1 heterocycles. The number of rotatable bonds is 6. The van der Waals surface area contributed by atoms with Gasteiger partial charge in [0.1, 0.15) is 0 Å². The van der Waals surface area contributed by atoms with E-state index < -0.39 is 0 Å². The molecular weight excluding hydrogens is 212 g/mol. The van der Waals surface area contributed by atoms with Gasteiger partial charge in [-0.15, -0.1) is 0 Å².